The molecule has 4 heteroatoms. The van der Waals surface area contributed by atoms with E-state index < -0.39 is 0 Å². The van der Waals surface area contributed by atoms with Gasteiger partial charge in [0.25, 0.3) is 0 Å². The van der Waals surface area contributed by atoms with Crippen LogP contribution in [0.25, 0.3) is 0 Å². The summed E-state index contributed by atoms with van der Waals surface area (Å²) in [6, 6.07) is 0.770. The van der Waals surface area contributed by atoms with Crippen molar-refractivity contribution in [3.05, 3.63) is 16.1 Å². The average Bonchev–Trinajstić information content (AvgIpc) is 2.97. The number of hydrogen-bond acceptors (Lipinski definition) is 4. The Hall–Kier alpha value is -0.450. The fraction of sp³-hybridized carbons (Fsp3) is 0.727. The van der Waals surface area contributed by atoms with E-state index in [4.69, 9.17) is 4.74 Å². The van der Waals surface area contributed by atoms with Gasteiger partial charge in [-0.25, -0.2) is 4.98 Å². The van der Waals surface area contributed by atoms with Crippen molar-refractivity contribution in [1.29, 1.82) is 0 Å². The van der Waals surface area contributed by atoms with Crippen LogP contribution in [0, 0.1) is 0 Å². The van der Waals surface area contributed by atoms with E-state index in [1.807, 2.05) is 6.20 Å². The van der Waals surface area contributed by atoms with E-state index >= 15 is 0 Å². The molecule has 15 heavy (non-hydrogen) atoms. The fourth-order valence-corrected chi connectivity index (χ4v) is 2.14. The lowest BCUT2D eigenvalue weighted by Crippen LogP contribution is -2.14. The zero-order chi connectivity index (χ0) is 10.5. The minimum absolute atomic E-state index is 0.669. The molecule has 84 valence electrons. The van der Waals surface area contributed by atoms with E-state index in [2.05, 4.69) is 17.2 Å². The summed E-state index contributed by atoms with van der Waals surface area (Å²) in [6.45, 7) is 4.58. The molecule has 3 nitrogen and oxygen atoms in total. The number of nitrogens with zero attached hydrogens (tertiary/aromatic N) is 1. The van der Waals surface area contributed by atoms with Crippen LogP contribution in [0.5, 0.6) is 0 Å². The molecule has 1 saturated carbocycles. The summed E-state index contributed by atoms with van der Waals surface area (Å²) in [6.07, 6.45) is 5.71. The smallest absolute Gasteiger partial charge is 0.119 e. The Balaban J connectivity index is 1.70. The van der Waals surface area contributed by atoms with Gasteiger partial charge in [-0.2, -0.15) is 0 Å². The Labute approximate surface area is 94.9 Å². The van der Waals surface area contributed by atoms with Crippen LogP contribution >= 0.6 is 11.3 Å². The molecule has 1 aliphatic carbocycles. The third-order valence-corrected chi connectivity index (χ3v) is 3.29. The maximum atomic E-state index is 5.45. The molecule has 1 N–H and O–H groups in total. The zero-order valence-corrected chi connectivity index (χ0v) is 9.98. The molecule has 1 aromatic rings. The zero-order valence-electron chi connectivity index (χ0n) is 9.16. The third-order valence-electron chi connectivity index (χ3n) is 2.32. The van der Waals surface area contributed by atoms with Gasteiger partial charge in [0, 0.05) is 30.3 Å². The quantitative estimate of drug-likeness (QED) is 0.725. The summed E-state index contributed by atoms with van der Waals surface area (Å²) >= 11 is 1.75. The summed E-state index contributed by atoms with van der Waals surface area (Å²) in [5.74, 6) is 0. The molecule has 0 aromatic carbocycles. The molecular formula is C11H18N2OS. The number of rotatable bonds is 7. The van der Waals surface area contributed by atoms with E-state index in [9.17, 15) is 0 Å². The van der Waals surface area contributed by atoms with E-state index in [0.29, 0.717) is 6.61 Å². The molecule has 0 amide bonds. The van der Waals surface area contributed by atoms with Gasteiger partial charge in [0.1, 0.15) is 5.01 Å². The topological polar surface area (TPSA) is 34.1 Å². The van der Waals surface area contributed by atoms with E-state index in [-0.39, 0.29) is 0 Å². The molecular weight excluding hydrogens is 208 g/mol. The summed E-state index contributed by atoms with van der Waals surface area (Å²) in [7, 11) is 0. The van der Waals surface area contributed by atoms with E-state index in [0.717, 1.165) is 30.6 Å². The second-order valence-electron chi connectivity index (χ2n) is 3.93. The standard InChI is InChI=1S/C11H18N2OS/c1-2-5-14-8-11-13-7-10(15-11)6-12-9-3-4-9/h7,9,12H,2-6,8H2,1H3. The number of nitrogens with one attached hydrogen (secondary N) is 1. The summed E-state index contributed by atoms with van der Waals surface area (Å²) in [4.78, 5) is 5.66. The molecule has 1 aliphatic rings. The maximum Gasteiger partial charge on any atom is 0.119 e. The van der Waals surface area contributed by atoms with Crippen molar-refractivity contribution < 1.29 is 4.74 Å². The largest absolute Gasteiger partial charge is 0.374 e. The van der Waals surface area contributed by atoms with Crippen LogP contribution in [0.3, 0.4) is 0 Å². The Morgan fingerprint density at radius 2 is 2.47 bits per heavy atom. The van der Waals surface area contributed by atoms with Crippen molar-refractivity contribution in [2.24, 2.45) is 0 Å². The second kappa shape index (κ2) is 5.58. The molecule has 1 aromatic heterocycles. The Bertz CT molecular complexity index is 297. The highest BCUT2D eigenvalue weighted by molar-refractivity contribution is 7.11. The van der Waals surface area contributed by atoms with E-state index in [1.165, 1.54) is 17.7 Å². The van der Waals surface area contributed by atoms with Gasteiger partial charge < -0.3 is 10.1 Å². The monoisotopic (exact) mass is 226 g/mol. The molecule has 1 heterocycles. The van der Waals surface area contributed by atoms with Crippen LogP contribution in [-0.2, 0) is 17.9 Å². The first-order valence-corrected chi connectivity index (χ1v) is 6.45. The lowest BCUT2D eigenvalue weighted by Gasteiger charge is -1.98. The predicted octanol–water partition coefficient (Wildman–Crippen LogP) is 2.32. The van der Waals surface area contributed by atoms with Crippen LogP contribution in [0.15, 0.2) is 6.20 Å². The molecule has 0 spiro atoms. The number of thiazole rings is 1. The van der Waals surface area contributed by atoms with Gasteiger partial charge in [0.2, 0.25) is 0 Å². The van der Waals surface area contributed by atoms with Crippen molar-refractivity contribution >= 4 is 11.3 Å². The Morgan fingerprint density at radius 1 is 1.60 bits per heavy atom. The van der Waals surface area contributed by atoms with Crippen molar-refractivity contribution in [2.45, 2.75) is 45.4 Å². The highest BCUT2D eigenvalue weighted by Crippen LogP contribution is 2.20. The number of hydrogen-bond donors (Lipinski definition) is 1. The van der Waals surface area contributed by atoms with Gasteiger partial charge in [-0.3, -0.25) is 0 Å². The van der Waals surface area contributed by atoms with Gasteiger partial charge in [-0.1, -0.05) is 6.92 Å². The minimum atomic E-state index is 0.669. The molecule has 1 fully saturated rings. The highest BCUT2D eigenvalue weighted by atomic mass is 32.1. The summed E-state index contributed by atoms with van der Waals surface area (Å²) < 4.78 is 5.45. The van der Waals surface area contributed by atoms with Gasteiger partial charge in [-0.05, 0) is 19.3 Å². The van der Waals surface area contributed by atoms with Crippen LogP contribution in [-0.4, -0.2) is 17.6 Å². The number of aromatic nitrogens is 1. The molecule has 0 aliphatic heterocycles. The van der Waals surface area contributed by atoms with Crippen molar-refractivity contribution in [3.63, 3.8) is 0 Å². The fourth-order valence-electron chi connectivity index (χ4n) is 1.33. The lowest BCUT2D eigenvalue weighted by molar-refractivity contribution is 0.121. The van der Waals surface area contributed by atoms with Gasteiger partial charge in [0.15, 0.2) is 0 Å². The highest BCUT2D eigenvalue weighted by Gasteiger charge is 2.20. The molecule has 0 radical (unpaired) electrons. The van der Waals surface area contributed by atoms with Gasteiger partial charge in [0.05, 0.1) is 6.61 Å². The summed E-state index contributed by atoms with van der Waals surface area (Å²) in [5, 5.41) is 4.58. The third kappa shape index (κ3) is 3.89. The maximum absolute atomic E-state index is 5.45. The first-order valence-electron chi connectivity index (χ1n) is 5.63. The number of ether oxygens (including phenoxy) is 1. The van der Waals surface area contributed by atoms with Gasteiger partial charge >= 0.3 is 0 Å². The SMILES string of the molecule is CCCOCc1ncc(CNC2CC2)s1. The Morgan fingerprint density at radius 3 is 3.20 bits per heavy atom. The molecule has 0 bridgehead atoms. The molecule has 0 saturated heterocycles. The van der Waals surface area contributed by atoms with Crippen LogP contribution in [0.1, 0.15) is 36.1 Å². The first-order chi connectivity index (χ1) is 7.38. The molecule has 0 unspecified atom stereocenters. The molecule has 2 rings (SSSR count). The first kappa shape index (κ1) is 11.0. The van der Waals surface area contributed by atoms with E-state index in [1.54, 1.807) is 11.3 Å². The van der Waals surface area contributed by atoms with Crippen LogP contribution < -0.4 is 5.32 Å². The second-order valence-corrected chi connectivity index (χ2v) is 5.13. The van der Waals surface area contributed by atoms with Crippen molar-refractivity contribution in [3.8, 4) is 0 Å². The average molecular weight is 226 g/mol. The molecule has 0 atom stereocenters. The van der Waals surface area contributed by atoms with Gasteiger partial charge in [-0.15, -0.1) is 11.3 Å². The summed E-state index contributed by atoms with van der Waals surface area (Å²) in [5.41, 5.74) is 0. The van der Waals surface area contributed by atoms with Crippen molar-refractivity contribution in [1.82, 2.24) is 10.3 Å². The Kier molecular flexibility index (Phi) is 4.11. The van der Waals surface area contributed by atoms with Crippen LogP contribution in [0.2, 0.25) is 0 Å². The lowest BCUT2D eigenvalue weighted by atomic mass is 10.5. The van der Waals surface area contributed by atoms with Crippen molar-refractivity contribution in [2.75, 3.05) is 6.61 Å². The van der Waals surface area contributed by atoms with Crippen LogP contribution in [0.4, 0.5) is 0 Å². The minimum Gasteiger partial charge on any atom is -0.374 e. The normalized spacial score (nSPS) is 15.8. The predicted molar refractivity (Wildman–Crippen MR) is 61.9 cm³/mol.